The average Bonchev–Trinajstić information content (AvgIpc) is 3.22. The molecule has 0 unspecified atom stereocenters. The predicted molar refractivity (Wildman–Crippen MR) is 87.7 cm³/mol. The number of rotatable bonds is 7. The highest BCUT2D eigenvalue weighted by Crippen LogP contribution is 2.30. The fourth-order valence-corrected chi connectivity index (χ4v) is 3.01. The quantitative estimate of drug-likeness (QED) is 0.781. The van der Waals surface area contributed by atoms with Crippen LogP contribution in [0.3, 0.4) is 0 Å². The molecule has 0 saturated carbocycles. The van der Waals surface area contributed by atoms with E-state index in [4.69, 9.17) is 15.0 Å². The molecule has 2 aromatic rings. The van der Waals surface area contributed by atoms with Crippen LogP contribution in [0.4, 0.5) is 0 Å². The number of carbonyl (C=O) groups is 1. The first-order valence-electron chi connectivity index (χ1n) is 8.21. The van der Waals surface area contributed by atoms with E-state index in [0.29, 0.717) is 12.5 Å². The zero-order valence-corrected chi connectivity index (χ0v) is 13.8. The molecule has 0 aliphatic carbocycles. The van der Waals surface area contributed by atoms with Crippen LogP contribution in [0.5, 0.6) is 5.75 Å². The topological polar surface area (TPSA) is 94.5 Å². The van der Waals surface area contributed by atoms with E-state index in [0.717, 1.165) is 43.7 Å². The van der Waals surface area contributed by atoms with Crippen molar-refractivity contribution in [2.24, 2.45) is 5.73 Å². The van der Waals surface area contributed by atoms with Gasteiger partial charge < -0.3 is 15.0 Å². The lowest BCUT2D eigenvalue weighted by Crippen LogP contribution is -2.26. The molecule has 1 saturated heterocycles. The Morgan fingerprint density at radius 2 is 2.29 bits per heavy atom. The molecule has 0 spiro atoms. The summed E-state index contributed by atoms with van der Waals surface area (Å²) in [6, 6.07) is 8.06. The van der Waals surface area contributed by atoms with Crippen LogP contribution in [0.2, 0.25) is 0 Å². The highest BCUT2D eigenvalue weighted by molar-refractivity contribution is 5.88. The van der Waals surface area contributed by atoms with Gasteiger partial charge in [0.15, 0.2) is 0 Å². The van der Waals surface area contributed by atoms with Crippen molar-refractivity contribution in [1.82, 2.24) is 15.0 Å². The van der Waals surface area contributed by atoms with Gasteiger partial charge in [-0.2, -0.15) is 4.98 Å². The minimum atomic E-state index is -0.666. The van der Waals surface area contributed by atoms with Gasteiger partial charge in [0.05, 0.1) is 12.6 Å². The van der Waals surface area contributed by atoms with Crippen molar-refractivity contribution in [3.8, 4) is 5.75 Å². The number of aromatic nitrogens is 2. The van der Waals surface area contributed by atoms with Crippen LogP contribution in [0.25, 0.3) is 0 Å². The molecule has 1 aliphatic heterocycles. The summed E-state index contributed by atoms with van der Waals surface area (Å²) in [6.07, 6.45) is 2.91. The summed E-state index contributed by atoms with van der Waals surface area (Å²) in [5, 5.41) is 3.63. The van der Waals surface area contributed by atoms with Gasteiger partial charge in [-0.3, -0.25) is 9.69 Å². The summed E-state index contributed by atoms with van der Waals surface area (Å²) in [4.78, 5) is 17.5. The Labute approximate surface area is 140 Å². The van der Waals surface area contributed by atoms with Crippen molar-refractivity contribution < 1.29 is 14.1 Å². The average molecular weight is 330 g/mol. The highest BCUT2D eigenvalue weighted by Gasteiger charge is 2.30. The smallest absolute Gasteiger partial charge is 0.290 e. The van der Waals surface area contributed by atoms with E-state index >= 15 is 0 Å². The van der Waals surface area contributed by atoms with E-state index in [1.807, 2.05) is 31.2 Å². The molecule has 1 fully saturated rings. The molecule has 1 amide bonds. The second-order valence-corrected chi connectivity index (χ2v) is 5.98. The third kappa shape index (κ3) is 3.73. The second-order valence-electron chi connectivity index (χ2n) is 5.98. The SMILES string of the molecule is Cc1ccccc1OCCCN1CCC[C@H]1c1nc(C(N)=O)no1. The molecular weight excluding hydrogens is 308 g/mol. The summed E-state index contributed by atoms with van der Waals surface area (Å²) in [5.41, 5.74) is 6.31. The van der Waals surface area contributed by atoms with Gasteiger partial charge in [-0.1, -0.05) is 23.4 Å². The maximum Gasteiger partial charge on any atom is 0.290 e. The molecule has 1 aliphatic rings. The molecule has 1 atom stereocenters. The Hall–Kier alpha value is -2.41. The molecule has 24 heavy (non-hydrogen) atoms. The van der Waals surface area contributed by atoms with E-state index < -0.39 is 5.91 Å². The number of amides is 1. The van der Waals surface area contributed by atoms with Gasteiger partial charge in [0.2, 0.25) is 5.89 Å². The number of nitrogens with two attached hydrogens (primary N) is 1. The van der Waals surface area contributed by atoms with E-state index in [2.05, 4.69) is 15.0 Å². The summed E-state index contributed by atoms with van der Waals surface area (Å²) in [6.45, 7) is 4.55. The van der Waals surface area contributed by atoms with Crippen LogP contribution in [0, 0.1) is 6.92 Å². The second kappa shape index (κ2) is 7.44. The van der Waals surface area contributed by atoms with Crippen molar-refractivity contribution in [2.45, 2.75) is 32.2 Å². The molecule has 128 valence electrons. The van der Waals surface area contributed by atoms with Crippen molar-refractivity contribution >= 4 is 5.91 Å². The summed E-state index contributed by atoms with van der Waals surface area (Å²) in [5.74, 6) is 0.681. The summed E-state index contributed by atoms with van der Waals surface area (Å²) in [7, 11) is 0. The van der Waals surface area contributed by atoms with Crippen LogP contribution in [-0.4, -0.2) is 40.6 Å². The number of primary amides is 1. The van der Waals surface area contributed by atoms with Crippen LogP contribution in [0.1, 0.15) is 47.4 Å². The Kier molecular flexibility index (Phi) is 5.10. The Bertz CT molecular complexity index is 701. The third-order valence-electron chi connectivity index (χ3n) is 4.25. The lowest BCUT2D eigenvalue weighted by molar-refractivity contribution is 0.0987. The van der Waals surface area contributed by atoms with E-state index in [-0.39, 0.29) is 11.9 Å². The van der Waals surface area contributed by atoms with Crippen LogP contribution in [0.15, 0.2) is 28.8 Å². The Morgan fingerprint density at radius 3 is 3.04 bits per heavy atom. The normalized spacial score (nSPS) is 18.0. The van der Waals surface area contributed by atoms with Crippen LogP contribution < -0.4 is 10.5 Å². The monoisotopic (exact) mass is 330 g/mol. The zero-order valence-electron chi connectivity index (χ0n) is 13.8. The number of hydrogen-bond acceptors (Lipinski definition) is 6. The molecule has 2 heterocycles. The number of ether oxygens (including phenoxy) is 1. The maximum absolute atomic E-state index is 11.1. The van der Waals surface area contributed by atoms with E-state index in [9.17, 15) is 4.79 Å². The van der Waals surface area contributed by atoms with Crippen molar-refractivity contribution in [3.05, 3.63) is 41.5 Å². The van der Waals surface area contributed by atoms with E-state index in [1.54, 1.807) is 0 Å². The molecule has 0 bridgehead atoms. The minimum Gasteiger partial charge on any atom is -0.493 e. The largest absolute Gasteiger partial charge is 0.493 e. The number of likely N-dealkylation sites (tertiary alicyclic amines) is 1. The van der Waals surface area contributed by atoms with Gasteiger partial charge in [0, 0.05) is 6.54 Å². The maximum atomic E-state index is 11.1. The Morgan fingerprint density at radius 1 is 1.46 bits per heavy atom. The standard InChI is InChI=1S/C17H22N4O3/c1-12-6-2-3-8-14(12)23-11-5-10-21-9-4-7-13(21)17-19-16(15(18)22)20-24-17/h2-3,6,8,13H,4-5,7,9-11H2,1H3,(H2,18,22)/t13-/m0/s1. The lowest BCUT2D eigenvalue weighted by atomic mass is 10.2. The minimum absolute atomic E-state index is 0.0558. The van der Waals surface area contributed by atoms with Gasteiger partial charge in [-0.05, 0) is 44.4 Å². The summed E-state index contributed by atoms with van der Waals surface area (Å²) >= 11 is 0. The molecular formula is C17H22N4O3. The predicted octanol–water partition coefficient (Wildman–Crippen LogP) is 2.08. The molecule has 3 rings (SSSR count). The van der Waals surface area contributed by atoms with Gasteiger partial charge in [0.1, 0.15) is 5.75 Å². The number of nitrogens with zero attached hydrogens (tertiary/aromatic N) is 3. The summed E-state index contributed by atoms with van der Waals surface area (Å²) < 4.78 is 11.0. The number of aryl methyl sites for hydroxylation is 1. The number of carbonyl (C=O) groups excluding carboxylic acids is 1. The van der Waals surface area contributed by atoms with Gasteiger partial charge in [0.25, 0.3) is 11.7 Å². The number of para-hydroxylation sites is 1. The molecule has 2 N–H and O–H groups in total. The molecule has 7 heteroatoms. The fraction of sp³-hybridized carbons (Fsp3) is 0.471. The van der Waals surface area contributed by atoms with Gasteiger partial charge >= 0.3 is 0 Å². The zero-order chi connectivity index (χ0) is 16.9. The van der Waals surface area contributed by atoms with Crippen molar-refractivity contribution in [3.63, 3.8) is 0 Å². The van der Waals surface area contributed by atoms with Crippen molar-refractivity contribution in [1.29, 1.82) is 0 Å². The highest BCUT2D eigenvalue weighted by atomic mass is 16.5. The molecule has 1 aromatic heterocycles. The molecule has 7 nitrogen and oxygen atoms in total. The fourth-order valence-electron chi connectivity index (χ4n) is 3.01. The Balaban J connectivity index is 1.51. The first-order valence-corrected chi connectivity index (χ1v) is 8.21. The van der Waals surface area contributed by atoms with Gasteiger partial charge in [-0.15, -0.1) is 0 Å². The van der Waals surface area contributed by atoms with E-state index in [1.165, 1.54) is 0 Å². The number of hydrogen-bond donors (Lipinski definition) is 1. The first-order chi connectivity index (χ1) is 11.6. The molecule has 0 radical (unpaired) electrons. The first kappa shape index (κ1) is 16.4. The van der Waals surface area contributed by atoms with Crippen LogP contribution >= 0.6 is 0 Å². The molecule has 1 aromatic carbocycles. The van der Waals surface area contributed by atoms with Crippen LogP contribution in [-0.2, 0) is 0 Å². The lowest BCUT2D eigenvalue weighted by Gasteiger charge is -2.21. The third-order valence-corrected chi connectivity index (χ3v) is 4.25. The number of benzene rings is 1. The van der Waals surface area contributed by atoms with Crippen molar-refractivity contribution in [2.75, 3.05) is 19.7 Å². The van der Waals surface area contributed by atoms with Gasteiger partial charge in [-0.25, -0.2) is 0 Å².